The van der Waals surface area contributed by atoms with Gasteiger partial charge in [0.1, 0.15) is 12.4 Å². The molecule has 2 N–H and O–H groups in total. The Morgan fingerprint density at radius 2 is 2.00 bits per heavy atom. The fourth-order valence-corrected chi connectivity index (χ4v) is 2.27. The van der Waals surface area contributed by atoms with Gasteiger partial charge in [-0.05, 0) is 37.5 Å². The van der Waals surface area contributed by atoms with Crippen molar-refractivity contribution < 1.29 is 4.74 Å². The molecule has 2 rings (SSSR count). The Balaban J connectivity index is 2.42. The van der Waals surface area contributed by atoms with Crippen LogP contribution in [0.3, 0.4) is 0 Å². The van der Waals surface area contributed by atoms with Crippen molar-refractivity contribution in [3.05, 3.63) is 29.6 Å². The van der Waals surface area contributed by atoms with Crippen molar-refractivity contribution in [1.82, 2.24) is 9.55 Å². The van der Waals surface area contributed by atoms with E-state index < -0.39 is 0 Å². The molecule has 0 unspecified atom stereocenters. The average Bonchev–Trinajstić information content (AvgIpc) is 2.73. The third-order valence-corrected chi connectivity index (χ3v) is 3.22. The second kappa shape index (κ2) is 6.37. The summed E-state index contributed by atoms with van der Waals surface area (Å²) in [6.07, 6.45) is 0.210. The van der Waals surface area contributed by atoms with Gasteiger partial charge in [0, 0.05) is 13.1 Å². The standard InChI is InChI=1S/C16H25N3O/c1-11(2)9-19-15-6-5-13(8-17)7-14(15)18-16(19)10-20-12(3)4/h5-7,11-12H,8-10,17H2,1-4H3. The van der Waals surface area contributed by atoms with Crippen LogP contribution >= 0.6 is 0 Å². The third-order valence-electron chi connectivity index (χ3n) is 3.22. The van der Waals surface area contributed by atoms with Crippen LogP contribution in [0.5, 0.6) is 0 Å². The summed E-state index contributed by atoms with van der Waals surface area (Å²) >= 11 is 0. The highest BCUT2D eigenvalue weighted by molar-refractivity contribution is 5.77. The van der Waals surface area contributed by atoms with Gasteiger partial charge in [0.25, 0.3) is 0 Å². The molecular weight excluding hydrogens is 250 g/mol. The van der Waals surface area contributed by atoms with Gasteiger partial charge in [0.15, 0.2) is 0 Å². The van der Waals surface area contributed by atoms with E-state index in [1.807, 2.05) is 13.8 Å². The number of ether oxygens (including phenoxy) is 1. The molecular formula is C16H25N3O. The lowest BCUT2D eigenvalue weighted by atomic mass is 10.2. The van der Waals surface area contributed by atoms with Crippen molar-refractivity contribution in [3.8, 4) is 0 Å². The van der Waals surface area contributed by atoms with Crippen LogP contribution in [0.2, 0.25) is 0 Å². The lowest BCUT2D eigenvalue weighted by molar-refractivity contribution is 0.0594. The largest absolute Gasteiger partial charge is 0.371 e. The Hall–Kier alpha value is -1.39. The molecule has 0 bridgehead atoms. The summed E-state index contributed by atoms with van der Waals surface area (Å²) in [5.41, 5.74) is 8.99. The van der Waals surface area contributed by atoms with Crippen LogP contribution in [0.25, 0.3) is 11.0 Å². The summed E-state index contributed by atoms with van der Waals surface area (Å²) < 4.78 is 7.99. The fraction of sp³-hybridized carbons (Fsp3) is 0.562. The van der Waals surface area contributed by atoms with Crippen LogP contribution in [-0.4, -0.2) is 15.7 Å². The van der Waals surface area contributed by atoms with E-state index in [1.54, 1.807) is 0 Å². The van der Waals surface area contributed by atoms with Crippen molar-refractivity contribution in [1.29, 1.82) is 0 Å². The number of rotatable bonds is 6. The molecule has 0 saturated heterocycles. The van der Waals surface area contributed by atoms with Gasteiger partial charge >= 0.3 is 0 Å². The van der Waals surface area contributed by atoms with Crippen molar-refractivity contribution in [2.45, 2.75) is 53.5 Å². The molecule has 0 aliphatic rings. The predicted octanol–water partition coefficient (Wildman–Crippen LogP) is 3.08. The number of benzene rings is 1. The third kappa shape index (κ3) is 3.38. The summed E-state index contributed by atoms with van der Waals surface area (Å²) in [7, 11) is 0. The zero-order valence-electron chi connectivity index (χ0n) is 12.9. The highest BCUT2D eigenvalue weighted by atomic mass is 16.5. The molecule has 0 saturated carbocycles. The molecule has 4 nitrogen and oxygen atoms in total. The molecule has 4 heteroatoms. The van der Waals surface area contributed by atoms with Crippen LogP contribution < -0.4 is 5.73 Å². The lowest BCUT2D eigenvalue weighted by Crippen LogP contribution is -2.12. The highest BCUT2D eigenvalue weighted by Gasteiger charge is 2.13. The second-order valence-electron chi connectivity index (χ2n) is 5.92. The van der Waals surface area contributed by atoms with E-state index >= 15 is 0 Å². The van der Waals surface area contributed by atoms with Gasteiger partial charge in [0.05, 0.1) is 17.1 Å². The monoisotopic (exact) mass is 275 g/mol. The number of nitrogens with zero attached hydrogens (tertiary/aromatic N) is 2. The summed E-state index contributed by atoms with van der Waals surface area (Å²) in [6, 6.07) is 6.27. The molecule has 20 heavy (non-hydrogen) atoms. The number of fused-ring (bicyclic) bond motifs is 1. The van der Waals surface area contributed by atoms with Gasteiger partial charge in [-0.1, -0.05) is 19.9 Å². The topological polar surface area (TPSA) is 53.1 Å². The first-order valence-electron chi connectivity index (χ1n) is 7.31. The number of imidazole rings is 1. The first-order chi connectivity index (χ1) is 9.51. The molecule has 0 radical (unpaired) electrons. The molecule has 2 aromatic rings. The van der Waals surface area contributed by atoms with Gasteiger partial charge in [0.2, 0.25) is 0 Å². The molecule has 0 amide bonds. The summed E-state index contributed by atoms with van der Waals surface area (Å²) in [5, 5.41) is 0. The van der Waals surface area contributed by atoms with Crippen LogP contribution in [0, 0.1) is 5.92 Å². The minimum atomic E-state index is 0.210. The number of nitrogens with two attached hydrogens (primary N) is 1. The van der Waals surface area contributed by atoms with E-state index in [4.69, 9.17) is 15.5 Å². The van der Waals surface area contributed by atoms with Crippen LogP contribution in [0.4, 0.5) is 0 Å². The molecule has 0 atom stereocenters. The number of aromatic nitrogens is 2. The Morgan fingerprint density at radius 1 is 1.25 bits per heavy atom. The molecule has 0 spiro atoms. The van der Waals surface area contributed by atoms with E-state index in [0.717, 1.165) is 23.4 Å². The highest BCUT2D eigenvalue weighted by Crippen LogP contribution is 2.20. The maximum Gasteiger partial charge on any atom is 0.136 e. The van der Waals surface area contributed by atoms with Crippen LogP contribution in [0.1, 0.15) is 39.1 Å². The van der Waals surface area contributed by atoms with Gasteiger partial charge in [-0.25, -0.2) is 4.98 Å². The van der Waals surface area contributed by atoms with Gasteiger partial charge in [-0.15, -0.1) is 0 Å². The van der Waals surface area contributed by atoms with Crippen LogP contribution in [-0.2, 0) is 24.4 Å². The molecule has 1 aromatic carbocycles. The first kappa shape index (κ1) is 15.0. The minimum Gasteiger partial charge on any atom is -0.371 e. The Kier molecular flexibility index (Phi) is 4.78. The van der Waals surface area contributed by atoms with E-state index in [0.29, 0.717) is 19.1 Å². The Morgan fingerprint density at radius 3 is 2.60 bits per heavy atom. The number of hydrogen-bond donors (Lipinski definition) is 1. The average molecular weight is 275 g/mol. The maximum atomic E-state index is 5.73. The summed E-state index contributed by atoms with van der Waals surface area (Å²) in [5.74, 6) is 1.57. The molecule has 1 aromatic heterocycles. The summed E-state index contributed by atoms with van der Waals surface area (Å²) in [4.78, 5) is 4.73. The zero-order valence-corrected chi connectivity index (χ0v) is 12.9. The SMILES string of the molecule is CC(C)Cn1c(COC(C)C)nc2cc(CN)ccc21. The van der Waals surface area contributed by atoms with Gasteiger partial charge in [-0.3, -0.25) is 0 Å². The summed E-state index contributed by atoms with van der Waals surface area (Å²) in [6.45, 7) is 10.6. The minimum absolute atomic E-state index is 0.210. The predicted molar refractivity (Wildman–Crippen MR) is 82.4 cm³/mol. The van der Waals surface area contributed by atoms with Crippen molar-refractivity contribution in [2.75, 3.05) is 0 Å². The smallest absolute Gasteiger partial charge is 0.136 e. The van der Waals surface area contributed by atoms with Gasteiger partial charge < -0.3 is 15.0 Å². The molecule has 110 valence electrons. The van der Waals surface area contributed by atoms with E-state index in [-0.39, 0.29) is 6.10 Å². The van der Waals surface area contributed by atoms with Gasteiger partial charge in [-0.2, -0.15) is 0 Å². The fourth-order valence-electron chi connectivity index (χ4n) is 2.27. The second-order valence-corrected chi connectivity index (χ2v) is 5.92. The van der Waals surface area contributed by atoms with E-state index in [9.17, 15) is 0 Å². The molecule has 0 aliphatic carbocycles. The van der Waals surface area contributed by atoms with Crippen molar-refractivity contribution >= 4 is 11.0 Å². The van der Waals surface area contributed by atoms with Crippen molar-refractivity contribution in [3.63, 3.8) is 0 Å². The molecule has 1 heterocycles. The Labute approximate surface area is 120 Å². The first-order valence-corrected chi connectivity index (χ1v) is 7.31. The number of hydrogen-bond acceptors (Lipinski definition) is 3. The van der Waals surface area contributed by atoms with Crippen LogP contribution in [0.15, 0.2) is 18.2 Å². The molecule has 0 fully saturated rings. The quantitative estimate of drug-likeness (QED) is 0.881. The lowest BCUT2D eigenvalue weighted by Gasteiger charge is -2.13. The molecule has 0 aliphatic heterocycles. The van der Waals surface area contributed by atoms with E-state index in [1.165, 1.54) is 5.52 Å². The zero-order chi connectivity index (χ0) is 14.7. The normalized spacial score (nSPS) is 11.9. The van der Waals surface area contributed by atoms with Crippen molar-refractivity contribution in [2.24, 2.45) is 11.7 Å². The maximum absolute atomic E-state index is 5.73. The Bertz CT molecular complexity index is 572. The van der Waals surface area contributed by atoms with E-state index in [2.05, 4.69) is 36.6 Å².